The van der Waals surface area contributed by atoms with E-state index < -0.39 is 0 Å². The summed E-state index contributed by atoms with van der Waals surface area (Å²) in [5.41, 5.74) is 0.803. The summed E-state index contributed by atoms with van der Waals surface area (Å²) in [7, 11) is 0. The van der Waals surface area contributed by atoms with E-state index in [1.165, 1.54) is 0 Å². The first-order valence-electron chi connectivity index (χ1n) is 9.15. The number of benzene rings is 1. The fraction of sp³-hybridized carbons (Fsp3) is 0.450. The van der Waals surface area contributed by atoms with E-state index in [1.54, 1.807) is 6.07 Å². The fourth-order valence-corrected chi connectivity index (χ4v) is 3.87. The summed E-state index contributed by atoms with van der Waals surface area (Å²) >= 11 is 6.21. The molecule has 0 N–H and O–H groups in total. The highest BCUT2D eigenvalue weighted by Crippen LogP contribution is 2.29. The van der Waals surface area contributed by atoms with Gasteiger partial charge in [-0.2, -0.15) is 0 Å². The first-order chi connectivity index (χ1) is 12.7. The predicted octanol–water partition coefficient (Wildman–Crippen LogP) is 3.39. The Balaban J connectivity index is 1.36. The lowest BCUT2D eigenvalue weighted by molar-refractivity contribution is 0.0582. The molecule has 0 spiro atoms. The van der Waals surface area contributed by atoms with E-state index in [0.29, 0.717) is 22.5 Å². The molecule has 0 bridgehead atoms. The quantitative estimate of drug-likeness (QED) is 0.822. The van der Waals surface area contributed by atoms with Gasteiger partial charge in [0.1, 0.15) is 5.76 Å². The smallest absolute Gasteiger partial charge is 0.289 e. The highest BCUT2D eigenvalue weighted by molar-refractivity contribution is 6.33. The van der Waals surface area contributed by atoms with Crippen LogP contribution in [0.1, 0.15) is 17.0 Å². The van der Waals surface area contributed by atoms with Crippen molar-refractivity contribution >= 4 is 17.5 Å². The van der Waals surface area contributed by atoms with Crippen LogP contribution >= 0.6 is 11.6 Å². The van der Waals surface area contributed by atoms with Gasteiger partial charge >= 0.3 is 0 Å². The Kier molecular flexibility index (Phi) is 5.29. The Labute approximate surface area is 158 Å². The van der Waals surface area contributed by atoms with Gasteiger partial charge in [-0.1, -0.05) is 23.7 Å². The van der Waals surface area contributed by atoms with Crippen LogP contribution in [0.15, 0.2) is 40.8 Å². The number of nitrogens with zero attached hydrogens (tertiary/aromatic N) is 2. The van der Waals surface area contributed by atoms with Crippen LogP contribution in [0.3, 0.4) is 0 Å². The molecule has 0 unspecified atom stereocenters. The summed E-state index contributed by atoms with van der Waals surface area (Å²) in [4.78, 5) is 17.0. The van der Waals surface area contributed by atoms with Gasteiger partial charge in [0, 0.05) is 44.9 Å². The molecule has 4 rings (SSSR count). The lowest BCUT2D eigenvalue weighted by atomic mass is 10.1. The van der Waals surface area contributed by atoms with Crippen molar-refractivity contribution in [3.05, 3.63) is 47.2 Å². The molecular formula is C20H23ClN2O3. The Morgan fingerprint density at radius 1 is 1.12 bits per heavy atom. The lowest BCUT2D eigenvalue weighted by Gasteiger charge is -2.35. The maximum Gasteiger partial charge on any atom is 0.289 e. The topological polar surface area (TPSA) is 45.9 Å². The van der Waals surface area contributed by atoms with Gasteiger partial charge < -0.3 is 14.1 Å². The zero-order valence-electron chi connectivity index (χ0n) is 14.7. The average Bonchev–Trinajstić information content (AvgIpc) is 3.34. The van der Waals surface area contributed by atoms with Gasteiger partial charge in [-0.05, 0) is 36.6 Å². The van der Waals surface area contributed by atoms with E-state index in [2.05, 4.69) is 4.90 Å². The molecule has 0 radical (unpaired) electrons. The molecule has 2 aliphatic heterocycles. The number of amides is 1. The van der Waals surface area contributed by atoms with Crippen LogP contribution in [0, 0.1) is 5.92 Å². The van der Waals surface area contributed by atoms with Crippen molar-refractivity contribution in [1.29, 1.82) is 0 Å². The third-order valence-corrected chi connectivity index (χ3v) is 5.49. The van der Waals surface area contributed by atoms with E-state index in [1.807, 2.05) is 35.2 Å². The number of hydrogen-bond acceptors (Lipinski definition) is 4. The van der Waals surface area contributed by atoms with E-state index in [0.717, 1.165) is 57.9 Å². The first-order valence-corrected chi connectivity index (χ1v) is 9.52. The Morgan fingerprint density at radius 3 is 2.65 bits per heavy atom. The van der Waals surface area contributed by atoms with Crippen LogP contribution in [0.4, 0.5) is 0 Å². The van der Waals surface area contributed by atoms with Crippen molar-refractivity contribution in [3.63, 3.8) is 0 Å². The first kappa shape index (κ1) is 17.6. The number of rotatable bonds is 4. The third-order valence-electron chi connectivity index (χ3n) is 5.16. The Hall–Kier alpha value is -1.82. The molecule has 2 aliphatic rings. The van der Waals surface area contributed by atoms with E-state index in [-0.39, 0.29) is 5.91 Å². The molecule has 1 amide bonds. The van der Waals surface area contributed by atoms with Gasteiger partial charge in [-0.25, -0.2) is 0 Å². The van der Waals surface area contributed by atoms with Gasteiger partial charge in [0.05, 0.1) is 11.6 Å². The van der Waals surface area contributed by atoms with E-state index in [4.69, 9.17) is 20.8 Å². The summed E-state index contributed by atoms with van der Waals surface area (Å²) < 4.78 is 11.2. The second-order valence-corrected chi connectivity index (χ2v) is 7.37. The van der Waals surface area contributed by atoms with Crippen molar-refractivity contribution in [2.75, 3.05) is 45.9 Å². The molecule has 3 heterocycles. The van der Waals surface area contributed by atoms with Crippen molar-refractivity contribution in [2.24, 2.45) is 5.92 Å². The fourth-order valence-electron chi connectivity index (χ4n) is 3.64. The van der Waals surface area contributed by atoms with Crippen molar-refractivity contribution < 1.29 is 13.9 Å². The molecule has 26 heavy (non-hydrogen) atoms. The second kappa shape index (κ2) is 7.82. The van der Waals surface area contributed by atoms with Gasteiger partial charge in [0.15, 0.2) is 5.76 Å². The van der Waals surface area contributed by atoms with Crippen molar-refractivity contribution in [1.82, 2.24) is 9.80 Å². The number of halogens is 1. The summed E-state index contributed by atoms with van der Waals surface area (Å²) in [6.45, 7) is 6.09. The van der Waals surface area contributed by atoms with Gasteiger partial charge in [0.25, 0.3) is 5.91 Å². The zero-order valence-corrected chi connectivity index (χ0v) is 15.5. The summed E-state index contributed by atoms with van der Waals surface area (Å²) in [5.74, 6) is 1.59. The monoisotopic (exact) mass is 374 g/mol. The largest absolute Gasteiger partial charge is 0.451 e. The number of carbonyl (C=O) groups excluding carboxylic acids is 1. The van der Waals surface area contributed by atoms with Crippen LogP contribution in [-0.2, 0) is 4.74 Å². The third kappa shape index (κ3) is 3.80. The number of ether oxygens (including phenoxy) is 1. The lowest BCUT2D eigenvalue weighted by Crippen LogP contribution is -2.49. The number of furan rings is 1. The highest BCUT2D eigenvalue weighted by atomic mass is 35.5. The van der Waals surface area contributed by atoms with Crippen LogP contribution < -0.4 is 0 Å². The molecule has 1 aromatic carbocycles. The maximum absolute atomic E-state index is 12.7. The molecule has 5 nitrogen and oxygen atoms in total. The molecule has 138 valence electrons. The van der Waals surface area contributed by atoms with Gasteiger partial charge in [-0.15, -0.1) is 0 Å². The zero-order chi connectivity index (χ0) is 17.9. The maximum atomic E-state index is 12.7. The molecule has 6 heteroatoms. The van der Waals surface area contributed by atoms with Crippen LogP contribution in [0.2, 0.25) is 5.02 Å². The van der Waals surface area contributed by atoms with E-state index >= 15 is 0 Å². The molecule has 1 atom stereocenters. The van der Waals surface area contributed by atoms with E-state index in [9.17, 15) is 4.79 Å². The summed E-state index contributed by atoms with van der Waals surface area (Å²) in [6, 6.07) is 11.0. The number of carbonyl (C=O) groups is 1. The second-order valence-electron chi connectivity index (χ2n) is 6.97. The van der Waals surface area contributed by atoms with Crippen LogP contribution in [0.5, 0.6) is 0 Å². The minimum absolute atomic E-state index is 0.0489. The van der Waals surface area contributed by atoms with Crippen LogP contribution in [-0.4, -0.2) is 61.6 Å². The van der Waals surface area contributed by atoms with Gasteiger partial charge in [-0.3, -0.25) is 9.69 Å². The minimum atomic E-state index is -0.0489. The Bertz CT molecular complexity index is 762. The SMILES string of the molecule is O=C(c1ccc(-c2ccccc2Cl)o1)N1CCN(C[C@@H]2CCOC2)CC1. The van der Waals surface area contributed by atoms with Crippen molar-refractivity contribution in [3.8, 4) is 11.3 Å². The minimum Gasteiger partial charge on any atom is -0.451 e. The van der Waals surface area contributed by atoms with Crippen LogP contribution in [0.25, 0.3) is 11.3 Å². The molecule has 0 saturated carbocycles. The molecule has 2 saturated heterocycles. The predicted molar refractivity (Wildman–Crippen MR) is 100 cm³/mol. The Morgan fingerprint density at radius 2 is 1.92 bits per heavy atom. The molecular weight excluding hydrogens is 352 g/mol. The number of hydrogen-bond donors (Lipinski definition) is 0. The normalized spacial score (nSPS) is 21.3. The summed E-state index contributed by atoms with van der Waals surface area (Å²) in [5, 5.41) is 0.616. The molecule has 2 fully saturated rings. The summed E-state index contributed by atoms with van der Waals surface area (Å²) in [6.07, 6.45) is 1.15. The number of piperazine rings is 1. The van der Waals surface area contributed by atoms with Gasteiger partial charge in [0.2, 0.25) is 0 Å². The average molecular weight is 375 g/mol. The molecule has 0 aliphatic carbocycles. The highest BCUT2D eigenvalue weighted by Gasteiger charge is 2.26. The molecule has 2 aromatic rings. The standard InChI is InChI=1S/C20H23ClN2O3/c21-17-4-2-1-3-16(17)18-5-6-19(26-18)20(24)23-10-8-22(9-11-23)13-15-7-12-25-14-15/h1-6,15H,7-14H2/t15-/m0/s1. The van der Waals surface area contributed by atoms with Crippen molar-refractivity contribution in [2.45, 2.75) is 6.42 Å². The molecule has 1 aromatic heterocycles.